The van der Waals surface area contributed by atoms with Crippen molar-refractivity contribution >= 4 is 11.5 Å². The molecule has 0 aromatic carbocycles. The van der Waals surface area contributed by atoms with Gasteiger partial charge in [0.2, 0.25) is 0 Å². The molecule has 3 heterocycles. The van der Waals surface area contributed by atoms with E-state index < -0.39 is 12.7 Å². The zero-order valence-corrected chi connectivity index (χ0v) is 10.7. The third kappa shape index (κ3) is 2.93. The molecule has 0 radical (unpaired) electrons. The van der Waals surface area contributed by atoms with Gasteiger partial charge in [0.15, 0.2) is 5.65 Å². The molecule has 0 aliphatic rings. The van der Waals surface area contributed by atoms with Crippen molar-refractivity contribution in [2.75, 3.05) is 11.9 Å². The van der Waals surface area contributed by atoms with Gasteiger partial charge in [0, 0.05) is 30.1 Å². The highest BCUT2D eigenvalue weighted by Crippen LogP contribution is 2.23. The summed E-state index contributed by atoms with van der Waals surface area (Å²) in [6.45, 7) is -1.14. The Labute approximate surface area is 117 Å². The van der Waals surface area contributed by atoms with Crippen LogP contribution in [0.25, 0.3) is 16.9 Å². The van der Waals surface area contributed by atoms with Crippen molar-refractivity contribution in [1.29, 1.82) is 0 Å². The first-order valence-corrected chi connectivity index (χ1v) is 6.09. The van der Waals surface area contributed by atoms with Crippen LogP contribution >= 0.6 is 0 Å². The van der Waals surface area contributed by atoms with Crippen LogP contribution in [-0.4, -0.2) is 32.3 Å². The third-order valence-electron chi connectivity index (χ3n) is 2.81. The Morgan fingerprint density at radius 2 is 1.86 bits per heavy atom. The molecular weight excluding hydrogens is 283 g/mol. The Bertz CT molecular complexity index is 751. The molecule has 0 bridgehead atoms. The number of fused-ring (bicyclic) bond motifs is 1. The molecule has 0 fully saturated rings. The summed E-state index contributed by atoms with van der Waals surface area (Å²) in [4.78, 5) is 8.27. The van der Waals surface area contributed by atoms with E-state index in [2.05, 4.69) is 20.4 Å². The first kappa shape index (κ1) is 13.3. The molecule has 3 aromatic heterocycles. The van der Waals surface area contributed by atoms with Crippen molar-refractivity contribution in [1.82, 2.24) is 19.6 Å². The van der Waals surface area contributed by atoms with E-state index in [1.807, 2.05) is 0 Å². The lowest BCUT2D eigenvalue weighted by Crippen LogP contribution is -2.22. The van der Waals surface area contributed by atoms with Crippen LogP contribution in [0.3, 0.4) is 0 Å². The lowest BCUT2D eigenvalue weighted by molar-refractivity contribution is -0.115. The van der Waals surface area contributed by atoms with Gasteiger partial charge in [-0.15, -0.1) is 0 Å². The monoisotopic (exact) mass is 293 g/mol. The van der Waals surface area contributed by atoms with Gasteiger partial charge in [-0.1, -0.05) is 0 Å². The number of hydrogen-bond acceptors (Lipinski definition) is 4. The first-order valence-electron chi connectivity index (χ1n) is 6.09. The van der Waals surface area contributed by atoms with E-state index in [-0.39, 0.29) is 5.82 Å². The van der Waals surface area contributed by atoms with Crippen LogP contribution in [0.2, 0.25) is 0 Å². The third-order valence-corrected chi connectivity index (χ3v) is 2.81. The van der Waals surface area contributed by atoms with Crippen LogP contribution in [0.4, 0.5) is 19.0 Å². The van der Waals surface area contributed by atoms with Crippen LogP contribution < -0.4 is 5.32 Å². The summed E-state index contributed by atoms with van der Waals surface area (Å²) in [5.74, 6) is 0.231. The number of hydrogen-bond donors (Lipinski definition) is 1. The summed E-state index contributed by atoms with van der Waals surface area (Å²) in [5.41, 5.74) is 1.79. The van der Waals surface area contributed by atoms with E-state index in [1.54, 1.807) is 30.6 Å². The number of anilines is 1. The number of nitrogens with one attached hydrogen (secondary N) is 1. The molecule has 3 aromatic rings. The van der Waals surface area contributed by atoms with Gasteiger partial charge in [0.1, 0.15) is 12.4 Å². The molecule has 21 heavy (non-hydrogen) atoms. The van der Waals surface area contributed by atoms with Crippen molar-refractivity contribution < 1.29 is 13.2 Å². The predicted octanol–water partition coefficient (Wildman–Crippen LogP) is 2.77. The molecule has 0 saturated carbocycles. The molecule has 0 amide bonds. The van der Waals surface area contributed by atoms with Crippen molar-refractivity contribution in [3.8, 4) is 11.3 Å². The van der Waals surface area contributed by atoms with Gasteiger partial charge < -0.3 is 5.32 Å². The number of alkyl halides is 3. The average molecular weight is 293 g/mol. The van der Waals surface area contributed by atoms with Gasteiger partial charge >= 0.3 is 6.18 Å². The molecule has 0 spiro atoms. The summed E-state index contributed by atoms with van der Waals surface area (Å²) in [6, 6.07) is 6.63. The van der Waals surface area contributed by atoms with Gasteiger partial charge in [-0.05, 0) is 12.1 Å². The maximum Gasteiger partial charge on any atom is 0.405 e. The van der Waals surface area contributed by atoms with Gasteiger partial charge in [-0.3, -0.25) is 4.98 Å². The van der Waals surface area contributed by atoms with E-state index in [0.717, 1.165) is 5.56 Å². The Morgan fingerprint density at radius 1 is 1.10 bits per heavy atom. The maximum atomic E-state index is 12.4. The smallest absolute Gasteiger partial charge is 0.361 e. The zero-order chi connectivity index (χ0) is 14.9. The summed E-state index contributed by atoms with van der Waals surface area (Å²) >= 11 is 0. The van der Waals surface area contributed by atoms with E-state index >= 15 is 0 Å². The fraction of sp³-hybridized carbons (Fsp3) is 0.154. The SMILES string of the molecule is FC(F)(F)CNc1cc(-c2ccncc2)nc2ccnn12. The Balaban J connectivity index is 2.04. The molecule has 3 rings (SSSR count). The van der Waals surface area contributed by atoms with Crippen LogP contribution in [0.5, 0.6) is 0 Å². The summed E-state index contributed by atoms with van der Waals surface area (Å²) in [5, 5.41) is 6.31. The molecule has 108 valence electrons. The molecule has 5 nitrogen and oxygen atoms in total. The lowest BCUT2D eigenvalue weighted by atomic mass is 10.2. The van der Waals surface area contributed by atoms with Crippen molar-refractivity contribution in [2.45, 2.75) is 6.18 Å². The lowest BCUT2D eigenvalue weighted by Gasteiger charge is -2.12. The first-order chi connectivity index (χ1) is 10.0. The van der Waals surface area contributed by atoms with Crippen LogP contribution in [0.1, 0.15) is 0 Å². The normalized spacial score (nSPS) is 11.8. The number of nitrogens with zero attached hydrogens (tertiary/aromatic N) is 4. The van der Waals surface area contributed by atoms with E-state index in [4.69, 9.17) is 0 Å². The van der Waals surface area contributed by atoms with Crippen molar-refractivity contribution in [3.05, 3.63) is 42.9 Å². The highest BCUT2D eigenvalue weighted by Gasteiger charge is 2.27. The van der Waals surface area contributed by atoms with Gasteiger partial charge in [0.25, 0.3) is 0 Å². The number of aromatic nitrogens is 4. The predicted molar refractivity (Wildman–Crippen MR) is 70.8 cm³/mol. The minimum absolute atomic E-state index is 0.231. The Hall–Kier alpha value is -2.64. The highest BCUT2D eigenvalue weighted by molar-refractivity contribution is 5.65. The van der Waals surface area contributed by atoms with Crippen LogP contribution in [-0.2, 0) is 0 Å². The number of halogens is 3. The fourth-order valence-electron chi connectivity index (χ4n) is 1.90. The van der Waals surface area contributed by atoms with E-state index in [0.29, 0.717) is 11.3 Å². The van der Waals surface area contributed by atoms with Crippen molar-refractivity contribution in [3.63, 3.8) is 0 Å². The largest absolute Gasteiger partial charge is 0.405 e. The molecule has 1 N–H and O–H groups in total. The van der Waals surface area contributed by atoms with Crippen molar-refractivity contribution in [2.24, 2.45) is 0 Å². The van der Waals surface area contributed by atoms with Gasteiger partial charge in [-0.25, -0.2) is 4.98 Å². The summed E-state index contributed by atoms with van der Waals surface area (Å²) in [6.07, 6.45) is 0.373. The van der Waals surface area contributed by atoms with Gasteiger partial charge in [0.05, 0.1) is 11.9 Å². The zero-order valence-electron chi connectivity index (χ0n) is 10.7. The molecule has 8 heteroatoms. The second-order valence-electron chi connectivity index (χ2n) is 4.33. The average Bonchev–Trinajstić information content (AvgIpc) is 2.93. The van der Waals surface area contributed by atoms with Crippen LogP contribution in [0, 0.1) is 0 Å². The standard InChI is InChI=1S/C13H10F3N5/c14-13(15,16)8-18-12-7-10(9-1-4-17-5-2-9)20-11-3-6-19-21(11)12/h1-7,18H,8H2. The van der Waals surface area contributed by atoms with E-state index in [1.165, 1.54) is 16.8 Å². The van der Waals surface area contributed by atoms with Gasteiger partial charge in [-0.2, -0.15) is 22.8 Å². The molecule has 0 saturated heterocycles. The van der Waals surface area contributed by atoms with E-state index in [9.17, 15) is 13.2 Å². The summed E-state index contributed by atoms with van der Waals surface area (Å²) < 4.78 is 38.5. The Kier molecular flexibility index (Phi) is 3.20. The molecule has 0 unspecified atom stereocenters. The maximum absolute atomic E-state index is 12.4. The molecular formula is C13H10F3N5. The topological polar surface area (TPSA) is 55.1 Å². The number of pyridine rings is 1. The van der Waals surface area contributed by atoms with Crippen LogP contribution in [0.15, 0.2) is 42.9 Å². The molecule has 0 aliphatic heterocycles. The second-order valence-corrected chi connectivity index (χ2v) is 4.33. The highest BCUT2D eigenvalue weighted by atomic mass is 19.4. The second kappa shape index (κ2) is 5.04. The Morgan fingerprint density at radius 3 is 2.57 bits per heavy atom. The summed E-state index contributed by atoms with van der Waals surface area (Å²) in [7, 11) is 0. The quantitative estimate of drug-likeness (QED) is 0.806. The molecule has 0 atom stereocenters. The molecule has 0 aliphatic carbocycles. The number of rotatable bonds is 3. The minimum Gasteiger partial charge on any atom is -0.361 e. The fourth-order valence-corrected chi connectivity index (χ4v) is 1.90. The minimum atomic E-state index is -4.31.